The third kappa shape index (κ3) is 1.34. The Labute approximate surface area is 77.2 Å². The van der Waals surface area contributed by atoms with Crippen molar-refractivity contribution in [2.24, 2.45) is 5.92 Å². The first-order valence-corrected chi connectivity index (χ1v) is 5.42. The molecule has 1 heterocycles. The van der Waals surface area contributed by atoms with Crippen LogP contribution in [0.4, 0.5) is 0 Å². The summed E-state index contributed by atoms with van der Waals surface area (Å²) in [6.07, 6.45) is 7.17. The van der Waals surface area contributed by atoms with Crippen molar-refractivity contribution in [3.05, 3.63) is 20.7 Å². The predicted molar refractivity (Wildman–Crippen MR) is 55.7 cm³/mol. The van der Waals surface area contributed by atoms with E-state index < -0.39 is 0 Å². The molecule has 1 atom stereocenters. The maximum Gasteiger partial charge on any atom is 0.0302 e. The Hall–Kier alpha value is -0.560. The van der Waals surface area contributed by atoms with Crippen molar-refractivity contribution in [2.45, 2.75) is 26.7 Å². The first-order valence-electron chi connectivity index (χ1n) is 4.60. The van der Waals surface area contributed by atoms with E-state index in [1.807, 2.05) is 11.3 Å². The van der Waals surface area contributed by atoms with Gasteiger partial charge in [0.25, 0.3) is 0 Å². The Morgan fingerprint density at radius 1 is 1.58 bits per heavy atom. The summed E-state index contributed by atoms with van der Waals surface area (Å²) in [5, 5.41) is 1.47. The van der Waals surface area contributed by atoms with Gasteiger partial charge >= 0.3 is 0 Å². The number of fused-ring (bicyclic) bond motifs is 1. The fraction of sp³-hybridized carbons (Fsp3) is 0.455. The minimum Gasteiger partial charge on any atom is -0.141 e. The van der Waals surface area contributed by atoms with Crippen molar-refractivity contribution in [1.29, 1.82) is 0 Å². The van der Waals surface area contributed by atoms with Gasteiger partial charge in [0.15, 0.2) is 0 Å². The normalized spacial score (nSPS) is 21.0. The maximum absolute atomic E-state index is 2.39. The van der Waals surface area contributed by atoms with Crippen molar-refractivity contribution in [2.75, 3.05) is 0 Å². The topological polar surface area (TPSA) is 0 Å². The Morgan fingerprint density at radius 2 is 2.42 bits per heavy atom. The van der Waals surface area contributed by atoms with Crippen molar-refractivity contribution < 1.29 is 0 Å². The Bertz CT molecular complexity index is 384. The molecule has 0 nitrogen and oxygen atoms in total. The second kappa shape index (κ2) is 3.06. The van der Waals surface area contributed by atoms with Crippen LogP contribution in [0, 0.1) is 5.92 Å². The van der Waals surface area contributed by atoms with Crippen molar-refractivity contribution in [3.8, 4) is 0 Å². The van der Waals surface area contributed by atoms with Gasteiger partial charge in [0.1, 0.15) is 0 Å². The molecule has 0 spiro atoms. The third-order valence-electron chi connectivity index (χ3n) is 2.33. The van der Waals surface area contributed by atoms with E-state index in [1.54, 1.807) is 0 Å². The van der Waals surface area contributed by atoms with E-state index in [-0.39, 0.29) is 0 Å². The molecule has 0 bridgehead atoms. The minimum atomic E-state index is 0.733. The zero-order valence-electron chi connectivity index (χ0n) is 7.63. The third-order valence-corrected chi connectivity index (χ3v) is 3.62. The molecule has 0 aliphatic heterocycles. The molecule has 1 aromatic heterocycles. The van der Waals surface area contributed by atoms with E-state index >= 15 is 0 Å². The van der Waals surface area contributed by atoms with Gasteiger partial charge in [0.2, 0.25) is 0 Å². The molecule has 1 heteroatoms. The largest absolute Gasteiger partial charge is 0.141 e. The lowest BCUT2D eigenvalue weighted by Gasteiger charge is -2.03. The molecule has 64 valence electrons. The van der Waals surface area contributed by atoms with E-state index in [0.29, 0.717) is 0 Å². The Morgan fingerprint density at radius 3 is 3.17 bits per heavy atom. The van der Waals surface area contributed by atoms with Gasteiger partial charge in [0.05, 0.1) is 0 Å². The lowest BCUT2D eigenvalue weighted by molar-refractivity contribution is 0.802. The highest BCUT2D eigenvalue weighted by atomic mass is 32.1. The molecule has 0 saturated heterocycles. The summed E-state index contributed by atoms with van der Waals surface area (Å²) in [7, 11) is 0. The highest BCUT2D eigenvalue weighted by molar-refractivity contribution is 7.09. The van der Waals surface area contributed by atoms with Crippen LogP contribution in [0.15, 0.2) is 6.07 Å². The summed E-state index contributed by atoms with van der Waals surface area (Å²) in [5.41, 5.74) is 0. The SMILES string of the molecule is CCc1cc2c(s1)=CCC(C)C=2. The fourth-order valence-corrected chi connectivity index (χ4v) is 2.64. The molecule has 0 N–H and O–H groups in total. The highest BCUT2D eigenvalue weighted by Gasteiger charge is 2.03. The van der Waals surface area contributed by atoms with Crippen LogP contribution in [0.2, 0.25) is 0 Å². The van der Waals surface area contributed by atoms with Crippen LogP contribution in [-0.4, -0.2) is 0 Å². The quantitative estimate of drug-likeness (QED) is 0.616. The first-order chi connectivity index (χ1) is 5.79. The molecule has 1 unspecified atom stereocenters. The fourth-order valence-electron chi connectivity index (χ4n) is 1.61. The van der Waals surface area contributed by atoms with Crippen molar-refractivity contribution in [1.82, 2.24) is 0 Å². The average molecular weight is 178 g/mol. The molecule has 1 aliphatic carbocycles. The Balaban J connectivity index is 2.60. The summed E-state index contributed by atoms with van der Waals surface area (Å²) in [6, 6.07) is 2.34. The standard InChI is InChI=1S/C11H14S/c1-3-10-7-9-6-8(2)4-5-11(9)12-10/h5-8H,3-4H2,1-2H3. The summed E-state index contributed by atoms with van der Waals surface area (Å²) in [5.74, 6) is 0.733. The number of aryl methyl sites for hydroxylation is 1. The van der Waals surface area contributed by atoms with E-state index in [1.165, 1.54) is 27.5 Å². The summed E-state index contributed by atoms with van der Waals surface area (Å²) in [4.78, 5) is 1.52. The van der Waals surface area contributed by atoms with Crippen LogP contribution in [0.1, 0.15) is 25.1 Å². The molecule has 0 radical (unpaired) electrons. The van der Waals surface area contributed by atoms with Gasteiger partial charge in [-0.05, 0) is 30.0 Å². The second-order valence-electron chi connectivity index (χ2n) is 3.47. The van der Waals surface area contributed by atoms with Crippen LogP contribution in [0.25, 0.3) is 12.2 Å². The number of thiophene rings is 1. The summed E-state index contributed by atoms with van der Waals surface area (Å²) >= 11 is 1.95. The van der Waals surface area contributed by atoms with Gasteiger partial charge in [-0.3, -0.25) is 0 Å². The molecule has 0 aromatic carbocycles. The Kier molecular flexibility index (Phi) is 2.05. The molecule has 1 aliphatic rings. The van der Waals surface area contributed by atoms with Crippen LogP contribution in [0.3, 0.4) is 0 Å². The molecular weight excluding hydrogens is 164 g/mol. The summed E-state index contributed by atoms with van der Waals surface area (Å²) in [6.45, 7) is 4.50. The molecule has 0 fully saturated rings. The number of rotatable bonds is 1. The smallest absolute Gasteiger partial charge is 0.0302 e. The zero-order chi connectivity index (χ0) is 8.55. The number of hydrogen-bond donors (Lipinski definition) is 0. The average Bonchev–Trinajstić information content (AvgIpc) is 2.46. The van der Waals surface area contributed by atoms with Crippen LogP contribution >= 0.6 is 11.3 Å². The van der Waals surface area contributed by atoms with Gasteiger partial charge in [0, 0.05) is 9.41 Å². The molecule has 0 amide bonds. The number of hydrogen-bond acceptors (Lipinski definition) is 1. The van der Waals surface area contributed by atoms with Gasteiger partial charge in [-0.15, -0.1) is 11.3 Å². The van der Waals surface area contributed by atoms with E-state index in [4.69, 9.17) is 0 Å². The summed E-state index contributed by atoms with van der Waals surface area (Å²) < 4.78 is 1.49. The van der Waals surface area contributed by atoms with Gasteiger partial charge < -0.3 is 0 Å². The van der Waals surface area contributed by atoms with Gasteiger partial charge in [-0.2, -0.15) is 0 Å². The van der Waals surface area contributed by atoms with E-state index in [2.05, 4.69) is 32.1 Å². The first kappa shape index (κ1) is 8.06. The minimum absolute atomic E-state index is 0.733. The molecule has 12 heavy (non-hydrogen) atoms. The van der Waals surface area contributed by atoms with E-state index in [0.717, 1.165) is 5.92 Å². The van der Waals surface area contributed by atoms with Crippen molar-refractivity contribution in [3.63, 3.8) is 0 Å². The molecule has 1 aromatic rings. The zero-order valence-corrected chi connectivity index (χ0v) is 8.45. The van der Waals surface area contributed by atoms with E-state index in [9.17, 15) is 0 Å². The molecule has 2 rings (SSSR count). The highest BCUT2D eigenvalue weighted by Crippen LogP contribution is 2.09. The predicted octanol–water partition coefficient (Wildman–Crippen LogP) is 1.91. The van der Waals surface area contributed by atoms with Crippen LogP contribution in [-0.2, 0) is 6.42 Å². The second-order valence-corrected chi connectivity index (χ2v) is 4.64. The lowest BCUT2D eigenvalue weighted by Crippen LogP contribution is -2.22. The lowest BCUT2D eigenvalue weighted by atomic mass is 10.0. The van der Waals surface area contributed by atoms with Gasteiger partial charge in [-0.1, -0.05) is 26.0 Å². The van der Waals surface area contributed by atoms with Crippen molar-refractivity contribution >= 4 is 23.5 Å². The monoisotopic (exact) mass is 178 g/mol. The van der Waals surface area contributed by atoms with Crippen LogP contribution < -0.4 is 9.75 Å². The molecular formula is C11H14S. The van der Waals surface area contributed by atoms with Gasteiger partial charge in [-0.25, -0.2) is 0 Å². The molecule has 0 saturated carbocycles. The van der Waals surface area contributed by atoms with Crippen LogP contribution in [0.5, 0.6) is 0 Å². The maximum atomic E-state index is 2.39.